The van der Waals surface area contributed by atoms with Gasteiger partial charge in [0.15, 0.2) is 0 Å². The summed E-state index contributed by atoms with van der Waals surface area (Å²) < 4.78 is 39.2. The van der Waals surface area contributed by atoms with Gasteiger partial charge in [-0.05, 0) is 24.6 Å². The average molecular weight is 377 g/mol. The summed E-state index contributed by atoms with van der Waals surface area (Å²) in [4.78, 5) is 16.2. The smallest absolute Gasteiger partial charge is 0.322 e. The summed E-state index contributed by atoms with van der Waals surface area (Å²) in [5.41, 5.74) is 0.152. The number of nitrogens with one attached hydrogen (secondary N) is 1. The van der Waals surface area contributed by atoms with Crippen LogP contribution in [0.3, 0.4) is 0 Å². The second-order valence-electron chi connectivity index (χ2n) is 6.58. The Balaban J connectivity index is 1.60. The minimum Gasteiger partial charge on any atom is -0.322 e. The van der Waals surface area contributed by atoms with Gasteiger partial charge in [-0.3, -0.25) is 4.90 Å². The van der Waals surface area contributed by atoms with Crippen LogP contribution in [0.4, 0.5) is 23.7 Å². The maximum Gasteiger partial charge on any atom is 0.418 e. The fraction of sp³-hybridized carbons (Fsp3) is 0.350. The van der Waals surface area contributed by atoms with Gasteiger partial charge in [-0.15, -0.1) is 0 Å². The molecule has 2 amide bonds. The minimum absolute atomic E-state index is 0.213. The quantitative estimate of drug-likeness (QED) is 0.847. The zero-order chi connectivity index (χ0) is 19.4. The van der Waals surface area contributed by atoms with Gasteiger partial charge in [0.2, 0.25) is 0 Å². The number of para-hydroxylation sites is 1. The van der Waals surface area contributed by atoms with E-state index < -0.39 is 17.8 Å². The Hall–Kier alpha value is -2.54. The van der Waals surface area contributed by atoms with Crippen molar-refractivity contribution in [2.45, 2.75) is 19.1 Å². The maximum absolute atomic E-state index is 13.1. The molecule has 1 atom stereocenters. The number of hydrogen-bond acceptors (Lipinski definition) is 2. The molecule has 0 aromatic heterocycles. The van der Waals surface area contributed by atoms with E-state index in [2.05, 4.69) is 29.3 Å². The Kier molecular flexibility index (Phi) is 5.70. The zero-order valence-corrected chi connectivity index (χ0v) is 15.0. The molecule has 1 heterocycles. The van der Waals surface area contributed by atoms with Gasteiger partial charge in [-0.1, -0.05) is 42.5 Å². The van der Waals surface area contributed by atoms with Crippen LogP contribution in [-0.2, 0) is 6.18 Å². The lowest BCUT2D eigenvalue weighted by molar-refractivity contribution is -0.136. The first-order chi connectivity index (χ1) is 12.9. The van der Waals surface area contributed by atoms with Crippen molar-refractivity contribution < 1.29 is 18.0 Å². The van der Waals surface area contributed by atoms with Gasteiger partial charge in [-0.2, -0.15) is 13.2 Å². The van der Waals surface area contributed by atoms with E-state index in [0.29, 0.717) is 26.2 Å². The third-order valence-corrected chi connectivity index (χ3v) is 4.91. The van der Waals surface area contributed by atoms with Crippen molar-refractivity contribution >= 4 is 11.7 Å². The summed E-state index contributed by atoms with van der Waals surface area (Å²) in [6, 6.07) is 14.8. The number of benzene rings is 2. The van der Waals surface area contributed by atoms with E-state index in [1.807, 2.05) is 18.2 Å². The van der Waals surface area contributed by atoms with Crippen molar-refractivity contribution in [3.63, 3.8) is 0 Å². The van der Waals surface area contributed by atoms with Gasteiger partial charge in [0.25, 0.3) is 0 Å². The Morgan fingerprint density at radius 3 is 2.19 bits per heavy atom. The Bertz CT molecular complexity index is 772. The number of rotatable bonds is 3. The van der Waals surface area contributed by atoms with E-state index >= 15 is 0 Å². The van der Waals surface area contributed by atoms with Crippen molar-refractivity contribution in [1.29, 1.82) is 0 Å². The van der Waals surface area contributed by atoms with Gasteiger partial charge in [0.1, 0.15) is 0 Å². The van der Waals surface area contributed by atoms with E-state index in [0.717, 1.165) is 6.07 Å². The molecule has 27 heavy (non-hydrogen) atoms. The summed E-state index contributed by atoms with van der Waals surface area (Å²) >= 11 is 0. The summed E-state index contributed by atoms with van der Waals surface area (Å²) in [5, 5.41) is 2.41. The molecular formula is C20H22F3N3O. The number of anilines is 1. The monoisotopic (exact) mass is 377 g/mol. The molecule has 7 heteroatoms. The summed E-state index contributed by atoms with van der Waals surface area (Å²) in [7, 11) is 0. The summed E-state index contributed by atoms with van der Waals surface area (Å²) in [5.74, 6) is 0. The molecule has 1 aliphatic heterocycles. The number of urea groups is 1. The molecule has 0 spiro atoms. The second-order valence-corrected chi connectivity index (χ2v) is 6.58. The van der Waals surface area contributed by atoms with Gasteiger partial charge >= 0.3 is 12.2 Å². The molecule has 0 saturated carbocycles. The first-order valence-corrected chi connectivity index (χ1v) is 8.87. The lowest BCUT2D eigenvalue weighted by Gasteiger charge is -2.38. The third-order valence-electron chi connectivity index (χ3n) is 4.91. The lowest BCUT2D eigenvalue weighted by Crippen LogP contribution is -2.50. The highest BCUT2D eigenvalue weighted by atomic mass is 19.4. The number of piperazine rings is 1. The zero-order valence-electron chi connectivity index (χ0n) is 15.0. The fourth-order valence-electron chi connectivity index (χ4n) is 3.29. The molecule has 0 radical (unpaired) electrons. The van der Waals surface area contributed by atoms with E-state index in [-0.39, 0.29) is 11.7 Å². The van der Waals surface area contributed by atoms with E-state index in [1.165, 1.54) is 23.8 Å². The highest BCUT2D eigenvalue weighted by Gasteiger charge is 2.34. The lowest BCUT2D eigenvalue weighted by atomic mass is 10.1. The number of carbonyl (C=O) groups excluding carboxylic acids is 1. The molecular weight excluding hydrogens is 355 g/mol. The SMILES string of the molecule is CC(c1ccccc1)N1CCN(C(=O)Nc2ccccc2C(F)(F)F)CC1. The maximum atomic E-state index is 13.1. The molecule has 0 aliphatic carbocycles. The molecule has 1 aliphatic rings. The number of nitrogens with zero attached hydrogens (tertiary/aromatic N) is 2. The Morgan fingerprint density at radius 1 is 0.963 bits per heavy atom. The number of amides is 2. The number of alkyl halides is 3. The van der Waals surface area contributed by atoms with Gasteiger partial charge in [0.05, 0.1) is 11.3 Å². The van der Waals surface area contributed by atoms with Crippen LogP contribution in [-0.4, -0.2) is 42.0 Å². The summed E-state index contributed by atoms with van der Waals surface area (Å²) in [6.45, 7) is 4.40. The van der Waals surface area contributed by atoms with Gasteiger partial charge in [-0.25, -0.2) is 4.79 Å². The standard InChI is InChI=1S/C20H22F3N3O/c1-15(16-7-3-2-4-8-16)25-11-13-26(14-12-25)19(27)24-18-10-6-5-9-17(18)20(21,22)23/h2-10,15H,11-14H2,1H3,(H,24,27). The predicted molar refractivity (Wildman–Crippen MR) is 98.5 cm³/mol. The molecule has 3 rings (SSSR count). The Labute approximate surface area is 156 Å². The minimum atomic E-state index is -4.51. The molecule has 1 fully saturated rings. The molecule has 144 valence electrons. The first kappa shape index (κ1) is 19.2. The van der Waals surface area contributed by atoms with E-state index in [1.54, 1.807) is 4.90 Å². The molecule has 4 nitrogen and oxygen atoms in total. The first-order valence-electron chi connectivity index (χ1n) is 8.87. The van der Waals surface area contributed by atoms with Crippen LogP contribution in [0.1, 0.15) is 24.1 Å². The molecule has 2 aromatic rings. The largest absolute Gasteiger partial charge is 0.418 e. The van der Waals surface area contributed by atoms with Crippen LogP contribution in [0, 0.1) is 0 Å². The molecule has 1 saturated heterocycles. The molecule has 2 aromatic carbocycles. The highest BCUT2D eigenvalue weighted by molar-refractivity contribution is 5.90. The van der Waals surface area contributed by atoms with Crippen LogP contribution in [0.2, 0.25) is 0 Å². The second kappa shape index (κ2) is 8.00. The van der Waals surface area contributed by atoms with Gasteiger partial charge < -0.3 is 10.2 Å². The topological polar surface area (TPSA) is 35.6 Å². The van der Waals surface area contributed by atoms with Crippen molar-refractivity contribution in [2.75, 3.05) is 31.5 Å². The van der Waals surface area contributed by atoms with Crippen LogP contribution in [0.5, 0.6) is 0 Å². The highest BCUT2D eigenvalue weighted by Crippen LogP contribution is 2.34. The van der Waals surface area contributed by atoms with Crippen LogP contribution < -0.4 is 5.32 Å². The predicted octanol–water partition coefficient (Wildman–Crippen LogP) is 4.62. The number of hydrogen-bond donors (Lipinski definition) is 1. The van der Waals surface area contributed by atoms with Crippen molar-refractivity contribution in [3.8, 4) is 0 Å². The third kappa shape index (κ3) is 4.60. The normalized spacial score (nSPS) is 16.8. The average Bonchev–Trinajstić information content (AvgIpc) is 2.68. The van der Waals surface area contributed by atoms with Crippen LogP contribution in [0.15, 0.2) is 54.6 Å². The fourth-order valence-corrected chi connectivity index (χ4v) is 3.29. The van der Waals surface area contributed by atoms with Crippen molar-refractivity contribution in [2.24, 2.45) is 0 Å². The van der Waals surface area contributed by atoms with Crippen molar-refractivity contribution in [1.82, 2.24) is 9.80 Å². The number of carbonyl (C=O) groups is 1. The molecule has 1 unspecified atom stereocenters. The molecule has 0 bridgehead atoms. The van der Waals surface area contributed by atoms with Gasteiger partial charge in [0, 0.05) is 32.2 Å². The Morgan fingerprint density at radius 2 is 1.56 bits per heavy atom. The van der Waals surface area contributed by atoms with Crippen LogP contribution in [0.25, 0.3) is 0 Å². The summed E-state index contributed by atoms with van der Waals surface area (Å²) in [6.07, 6.45) is -4.51. The van der Waals surface area contributed by atoms with Crippen molar-refractivity contribution in [3.05, 3.63) is 65.7 Å². The number of halogens is 3. The van der Waals surface area contributed by atoms with E-state index in [9.17, 15) is 18.0 Å². The van der Waals surface area contributed by atoms with E-state index in [4.69, 9.17) is 0 Å². The van der Waals surface area contributed by atoms with Crippen LogP contribution >= 0.6 is 0 Å². The molecule has 1 N–H and O–H groups in total.